The van der Waals surface area contributed by atoms with Gasteiger partial charge in [-0.05, 0) is 59.5 Å². The summed E-state index contributed by atoms with van der Waals surface area (Å²) in [7, 11) is 0. The second kappa shape index (κ2) is 10.5. The number of hydrogen-bond acceptors (Lipinski definition) is 6. The number of ether oxygens (including phenoxy) is 1. The minimum absolute atomic E-state index is 0.0258. The summed E-state index contributed by atoms with van der Waals surface area (Å²) in [6.45, 7) is 7.52. The molecule has 0 unspecified atom stereocenters. The molecule has 0 amide bonds. The molecule has 6 heteroatoms. The smallest absolute Gasteiger partial charge is 0.182 e. The first-order chi connectivity index (χ1) is 21.4. The molecular weight excluding hydrogens is 579 g/mol. The minimum Gasteiger partial charge on any atom is -0.447 e. The van der Waals surface area contributed by atoms with Crippen molar-refractivity contribution in [2.24, 2.45) is 0 Å². The Kier molecular flexibility index (Phi) is 6.43. The monoisotopic (exact) mass is 609 g/mol. The molecule has 0 atom stereocenters. The molecule has 4 aromatic carbocycles. The summed E-state index contributed by atoms with van der Waals surface area (Å²) in [5, 5.41) is 4.59. The third-order valence-corrected chi connectivity index (χ3v) is 10.3. The Balaban J connectivity index is 1.19. The fraction of sp³-hybridized carbons (Fsp3) is 0.132. The maximum absolute atomic E-state index is 6.57. The number of para-hydroxylation sites is 1. The molecule has 1 aliphatic rings. The Bertz CT molecular complexity index is 2190. The normalized spacial score (nSPS) is 13.5. The lowest BCUT2D eigenvalue weighted by molar-refractivity contribution is 0.497. The van der Waals surface area contributed by atoms with Crippen LogP contribution >= 0.6 is 22.7 Å². The van der Waals surface area contributed by atoms with Gasteiger partial charge >= 0.3 is 0 Å². The van der Waals surface area contributed by atoms with Crippen LogP contribution in [-0.4, -0.2) is 11.7 Å². The Labute approximate surface area is 265 Å². The van der Waals surface area contributed by atoms with Crippen molar-refractivity contribution in [3.8, 4) is 22.1 Å². The van der Waals surface area contributed by atoms with Crippen LogP contribution in [0.3, 0.4) is 0 Å². The molecule has 0 radical (unpaired) electrons. The molecule has 4 nitrogen and oxygen atoms in total. The van der Waals surface area contributed by atoms with Crippen LogP contribution in [0.4, 0.5) is 11.4 Å². The fourth-order valence-corrected chi connectivity index (χ4v) is 8.14. The van der Waals surface area contributed by atoms with Crippen molar-refractivity contribution in [1.82, 2.24) is 4.98 Å². The third kappa shape index (κ3) is 4.80. The van der Waals surface area contributed by atoms with Crippen molar-refractivity contribution in [2.75, 3.05) is 16.5 Å². The zero-order valence-corrected chi connectivity index (χ0v) is 26.5. The van der Waals surface area contributed by atoms with Crippen LogP contribution in [0.1, 0.15) is 26.3 Å². The first-order valence-electron chi connectivity index (χ1n) is 14.8. The van der Waals surface area contributed by atoms with Gasteiger partial charge in [0.2, 0.25) is 0 Å². The highest BCUT2D eigenvalue weighted by atomic mass is 32.1. The van der Waals surface area contributed by atoms with Crippen molar-refractivity contribution in [2.45, 2.75) is 26.2 Å². The Morgan fingerprint density at radius 2 is 1.45 bits per heavy atom. The number of thiophene rings is 2. The van der Waals surface area contributed by atoms with Gasteiger partial charge < -0.3 is 14.5 Å². The van der Waals surface area contributed by atoms with E-state index in [-0.39, 0.29) is 5.41 Å². The second-order valence-electron chi connectivity index (χ2n) is 12.2. The lowest BCUT2D eigenvalue weighted by Crippen LogP contribution is -2.24. The van der Waals surface area contributed by atoms with E-state index in [1.807, 2.05) is 29.7 Å². The molecule has 1 aliphatic heterocycles. The van der Waals surface area contributed by atoms with Gasteiger partial charge in [0.15, 0.2) is 5.06 Å². The SMILES string of the molecule is CC(C)(C)c1ccnc(-c2c3cc(Oc4cccc(N5C=CN(c6ccccc6)C5)c4)sc3cc3sc4ccccc4c23)c1. The van der Waals surface area contributed by atoms with Crippen LogP contribution in [-0.2, 0) is 5.41 Å². The van der Waals surface area contributed by atoms with Gasteiger partial charge in [-0.1, -0.05) is 74.6 Å². The van der Waals surface area contributed by atoms with E-state index in [1.54, 1.807) is 11.3 Å². The highest BCUT2D eigenvalue weighted by molar-refractivity contribution is 7.26. The number of fused-ring (bicyclic) bond motifs is 4. The molecule has 44 heavy (non-hydrogen) atoms. The number of pyridine rings is 1. The van der Waals surface area contributed by atoms with Gasteiger partial charge in [0.1, 0.15) is 5.75 Å². The molecular formula is C38H31N3OS2. The topological polar surface area (TPSA) is 28.6 Å². The van der Waals surface area contributed by atoms with Crippen molar-refractivity contribution in [3.63, 3.8) is 0 Å². The van der Waals surface area contributed by atoms with Crippen LogP contribution in [0, 0.1) is 0 Å². The lowest BCUT2D eigenvalue weighted by atomic mass is 9.86. The molecule has 0 bridgehead atoms. The van der Waals surface area contributed by atoms with E-state index >= 15 is 0 Å². The third-order valence-electron chi connectivity index (χ3n) is 8.21. The van der Waals surface area contributed by atoms with Gasteiger partial charge in [0, 0.05) is 77.9 Å². The summed E-state index contributed by atoms with van der Waals surface area (Å²) in [6, 6.07) is 36.4. The van der Waals surface area contributed by atoms with Gasteiger partial charge in [-0.2, -0.15) is 0 Å². The largest absolute Gasteiger partial charge is 0.447 e. The molecule has 3 aromatic heterocycles. The highest BCUT2D eigenvalue weighted by Crippen LogP contribution is 2.48. The van der Waals surface area contributed by atoms with E-state index in [0.717, 1.165) is 28.9 Å². The quantitative estimate of drug-likeness (QED) is 0.194. The summed E-state index contributed by atoms with van der Waals surface area (Å²) in [5.74, 6) is 0.822. The van der Waals surface area contributed by atoms with Crippen LogP contribution in [0.15, 0.2) is 122 Å². The summed E-state index contributed by atoms with van der Waals surface area (Å²) in [5.41, 5.74) is 5.76. The van der Waals surface area contributed by atoms with E-state index in [1.165, 1.54) is 47.1 Å². The van der Waals surface area contributed by atoms with E-state index in [4.69, 9.17) is 9.72 Å². The van der Waals surface area contributed by atoms with Crippen molar-refractivity contribution < 1.29 is 4.74 Å². The van der Waals surface area contributed by atoms with Crippen molar-refractivity contribution in [3.05, 3.63) is 127 Å². The number of rotatable bonds is 5. The Hall–Kier alpha value is -4.65. The second-order valence-corrected chi connectivity index (χ2v) is 14.3. The van der Waals surface area contributed by atoms with E-state index in [9.17, 15) is 0 Å². The van der Waals surface area contributed by atoms with Crippen LogP contribution in [0.2, 0.25) is 0 Å². The standard InChI is InChI=1S/C38H31N3OS2/c1-38(2,3)25-16-17-39-31(20-25)36-30-22-35(44-33(30)23-34-37(36)29-14-7-8-15-32(29)43-34)42-28-13-9-12-27(21-28)41-19-18-40(24-41)26-10-5-4-6-11-26/h4-23H,24H2,1-3H3. The predicted molar refractivity (Wildman–Crippen MR) is 189 cm³/mol. The van der Waals surface area contributed by atoms with E-state index in [0.29, 0.717) is 0 Å². The molecule has 216 valence electrons. The first-order valence-corrected chi connectivity index (χ1v) is 16.4. The number of benzene rings is 4. The van der Waals surface area contributed by atoms with Crippen molar-refractivity contribution >= 4 is 64.3 Å². The van der Waals surface area contributed by atoms with Gasteiger partial charge in [-0.25, -0.2) is 0 Å². The zero-order valence-electron chi connectivity index (χ0n) is 24.8. The molecule has 0 N–H and O–H groups in total. The molecule has 0 saturated heterocycles. The zero-order chi connectivity index (χ0) is 29.8. The first kappa shape index (κ1) is 26.9. The molecule has 0 aliphatic carbocycles. The average Bonchev–Trinajstić information content (AvgIpc) is 3.77. The Morgan fingerprint density at radius 3 is 2.30 bits per heavy atom. The summed E-state index contributed by atoms with van der Waals surface area (Å²) in [4.78, 5) is 9.41. The number of hydrogen-bond donors (Lipinski definition) is 0. The van der Waals surface area contributed by atoms with Crippen molar-refractivity contribution in [1.29, 1.82) is 0 Å². The average molecular weight is 610 g/mol. The van der Waals surface area contributed by atoms with Gasteiger partial charge in [-0.3, -0.25) is 4.98 Å². The number of nitrogens with zero attached hydrogens (tertiary/aromatic N) is 3. The van der Waals surface area contributed by atoms with E-state index < -0.39 is 0 Å². The fourth-order valence-electron chi connectivity index (χ4n) is 5.93. The minimum atomic E-state index is 0.0258. The molecule has 7 aromatic rings. The van der Waals surface area contributed by atoms with Crippen LogP contribution in [0.25, 0.3) is 41.5 Å². The molecule has 8 rings (SSSR count). The summed E-state index contributed by atoms with van der Waals surface area (Å²) >= 11 is 3.54. The molecule has 4 heterocycles. The molecule has 0 saturated carbocycles. The predicted octanol–water partition coefficient (Wildman–Crippen LogP) is 11.2. The van der Waals surface area contributed by atoms with E-state index in [2.05, 4.69) is 134 Å². The Morgan fingerprint density at radius 1 is 0.682 bits per heavy atom. The maximum Gasteiger partial charge on any atom is 0.182 e. The maximum atomic E-state index is 6.57. The number of anilines is 2. The van der Waals surface area contributed by atoms with Gasteiger partial charge in [-0.15, -0.1) is 11.3 Å². The lowest BCUT2D eigenvalue weighted by Gasteiger charge is -2.21. The summed E-state index contributed by atoms with van der Waals surface area (Å²) in [6.07, 6.45) is 6.19. The highest BCUT2D eigenvalue weighted by Gasteiger charge is 2.21. The van der Waals surface area contributed by atoms with Crippen LogP contribution < -0.4 is 14.5 Å². The van der Waals surface area contributed by atoms with Gasteiger partial charge in [0.05, 0.1) is 12.4 Å². The molecule has 0 spiro atoms. The van der Waals surface area contributed by atoms with Crippen LogP contribution in [0.5, 0.6) is 10.8 Å². The van der Waals surface area contributed by atoms with Gasteiger partial charge in [0.25, 0.3) is 0 Å². The number of aromatic nitrogens is 1. The summed E-state index contributed by atoms with van der Waals surface area (Å²) < 4.78 is 10.3. The molecule has 0 fully saturated rings.